The van der Waals surface area contributed by atoms with E-state index in [0.29, 0.717) is 27.6 Å². The lowest BCUT2D eigenvalue weighted by Crippen LogP contribution is -2.00. The standard InChI is InChI=1S/C27H19ClF2N2OS/c1-2-16-3-5-17(6-4-16)26-32-24(27(33-26)34-22-11-9-21(28)10-12-22)19-8-7-18-13-20(25(29)30)15-31-23(18)14-19/h2-11,13-15,22,25H,1,12H2. The van der Waals surface area contributed by atoms with Gasteiger partial charge in [-0.25, -0.2) is 13.8 Å². The van der Waals surface area contributed by atoms with Crippen molar-refractivity contribution in [3.05, 3.63) is 95.7 Å². The van der Waals surface area contributed by atoms with Crippen molar-refractivity contribution in [1.29, 1.82) is 0 Å². The Morgan fingerprint density at radius 2 is 1.91 bits per heavy atom. The highest BCUT2D eigenvalue weighted by atomic mass is 35.5. The Labute approximate surface area is 204 Å². The Kier molecular flexibility index (Phi) is 6.35. The molecule has 0 N–H and O–H groups in total. The van der Waals surface area contributed by atoms with Crippen LogP contribution in [0, 0.1) is 0 Å². The van der Waals surface area contributed by atoms with E-state index in [2.05, 4.69) is 11.6 Å². The molecule has 3 nitrogen and oxygen atoms in total. The second kappa shape index (κ2) is 9.57. The van der Waals surface area contributed by atoms with Gasteiger partial charge in [0.15, 0.2) is 5.09 Å². The second-order valence-corrected chi connectivity index (χ2v) is 9.45. The Morgan fingerprint density at radius 1 is 1.12 bits per heavy atom. The molecule has 0 bridgehead atoms. The fourth-order valence-corrected chi connectivity index (χ4v) is 4.85. The highest BCUT2D eigenvalue weighted by Gasteiger charge is 2.21. The van der Waals surface area contributed by atoms with E-state index in [9.17, 15) is 8.78 Å². The van der Waals surface area contributed by atoms with Crippen molar-refractivity contribution in [2.24, 2.45) is 0 Å². The van der Waals surface area contributed by atoms with Gasteiger partial charge in [0.25, 0.3) is 6.43 Å². The van der Waals surface area contributed by atoms with Crippen LogP contribution < -0.4 is 0 Å². The molecule has 2 aromatic carbocycles. The topological polar surface area (TPSA) is 38.9 Å². The minimum Gasteiger partial charge on any atom is -0.429 e. The molecular formula is C27H19ClF2N2OS. The lowest BCUT2D eigenvalue weighted by Gasteiger charge is -2.12. The first-order valence-electron chi connectivity index (χ1n) is 10.6. The normalized spacial score (nSPS) is 15.6. The molecule has 2 aromatic heterocycles. The SMILES string of the molecule is C=Cc1ccc(-c2nc(-c3ccc4cc(C(F)F)cnc4c3)c(SC3C=CC(Cl)=CC3)o2)cc1. The lowest BCUT2D eigenvalue weighted by atomic mass is 10.1. The van der Waals surface area contributed by atoms with Crippen LogP contribution >= 0.6 is 23.4 Å². The molecule has 0 amide bonds. The molecule has 1 aliphatic rings. The van der Waals surface area contributed by atoms with Crippen molar-refractivity contribution < 1.29 is 13.2 Å². The number of aromatic nitrogens is 2. The summed E-state index contributed by atoms with van der Waals surface area (Å²) in [7, 11) is 0. The summed E-state index contributed by atoms with van der Waals surface area (Å²) < 4.78 is 32.4. The van der Waals surface area contributed by atoms with Crippen molar-refractivity contribution in [2.75, 3.05) is 0 Å². The van der Waals surface area contributed by atoms with Crippen LogP contribution in [0.1, 0.15) is 24.0 Å². The van der Waals surface area contributed by atoms with E-state index in [1.54, 1.807) is 23.9 Å². The molecule has 1 aliphatic carbocycles. The number of hydrogen-bond donors (Lipinski definition) is 0. The molecule has 2 heterocycles. The van der Waals surface area contributed by atoms with Gasteiger partial charge in [0.2, 0.25) is 5.89 Å². The van der Waals surface area contributed by atoms with E-state index in [-0.39, 0.29) is 10.8 Å². The number of halogens is 3. The number of alkyl halides is 2. The van der Waals surface area contributed by atoms with Gasteiger partial charge in [-0.3, -0.25) is 4.98 Å². The third kappa shape index (κ3) is 4.69. The summed E-state index contributed by atoms with van der Waals surface area (Å²) in [6.45, 7) is 3.79. The second-order valence-electron chi connectivity index (χ2n) is 7.80. The van der Waals surface area contributed by atoms with Crippen LogP contribution in [0.25, 0.3) is 39.7 Å². The fourth-order valence-electron chi connectivity index (χ4n) is 3.66. The maximum atomic E-state index is 13.1. The van der Waals surface area contributed by atoms with E-state index in [4.69, 9.17) is 21.0 Å². The number of fused-ring (bicyclic) bond motifs is 1. The number of pyridine rings is 1. The summed E-state index contributed by atoms with van der Waals surface area (Å²) >= 11 is 7.64. The van der Waals surface area contributed by atoms with E-state index in [1.807, 2.05) is 54.6 Å². The number of oxazole rings is 1. The van der Waals surface area contributed by atoms with Crippen LogP contribution in [0.4, 0.5) is 8.78 Å². The van der Waals surface area contributed by atoms with Crippen molar-refractivity contribution in [3.8, 4) is 22.7 Å². The zero-order chi connectivity index (χ0) is 23.7. The van der Waals surface area contributed by atoms with Crippen LogP contribution in [0.3, 0.4) is 0 Å². The molecule has 0 fully saturated rings. The zero-order valence-corrected chi connectivity index (χ0v) is 19.5. The molecule has 7 heteroatoms. The average Bonchev–Trinajstić information content (AvgIpc) is 3.28. The van der Waals surface area contributed by atoms with Crippen molar-refractivity contribution in [1.82, 2.24) is 9.97 Å². The summed E-state index contributed by atoms with van der Waals surface area (Å²) in [5, 5.41) is 2.20. The maximum absolute atomic E-state index is 13.1. The summed E-state index contributed by atoms with van der Waals surface area (Å²) in [5.41, 5.74) is 3.86. The quantitative estimate of drug-likeness (QED) is 0.270. The highest BCUT2D eigenvalue weighted by Crippen LogP contribution is 2.40. The van der Waals surface area contributed by atoms with E-state index < -0.39 is 6.43 Å². The molecular weight excluding hydrogens is 474 g/mol. The van der Waals surface area contributed by atoms with Gasteiger partial charge in [0.05, 0.1) is 5.52 Å². The molecule has 5 rings (SSSR count). The van der Waals surface area contributed by atoms with Gasteiger partial charge >= 0.3 is 0 Å². The Balaban J connectivity index is 1.56. The van der Waals surface area contributed by atoms with Gasteiger partial charge in [0, 0.05) is 38.6 Å². The fraction of sp³-hybridized carbons (Fsp3) is 0.111. The molecule has 0 saturated carbocycles. The molecule has 0 saturated heterocycles. The van der Waals surface area contributed by atoms with Crippen LogP contribution in [-0.4, -0.2) is 15.2 Å². The van der Waals surface area contributed by atoms with Gasteiger partial charge in [-0.05, 0) is 42.3 Å². The number of benzene rings is 2. The van der Waals surface area contributed by atoms with Gasteiger partial charge < -0.3 is 4.42 Å². The van der Waals surface area contributed by atoms with Crippen molar-refractivity contribution in [2.45, 2.75) is 23.2 Å². The zero-order valence-electron chi connectivity index (χ0n) is 17.9. The maximum Gasteiger partial charge on any atom is 0.265 e. The smallest absolute Gasteiger partial charge is 0.265 e. The van der Waals surface area contributed by atoms with Gasteiger partial charge in [-0.15, -0.1) is 0 Å². The third-order valence-corrected chi connectivity index (χ3v) is 6.92. The molecule has 4 aromatic rings. The van der Waals surface area contributed by atoms with E-state index >= 15 is 0 Å². The Bertz CT molecular complexity index is 1430. The Hall–Kier alpha value is -3.22. The van der Waals surface area contributed by atoms with Crippen LogP contribution in [0.15, 0.2) is 94.1 Å². The first kappa shape index (κ1) is 22.6. The predicted molar refractivity (Wildman–Crippen MR) is 135 cm³/mol. The van der Waals surface area contributed by atoms with Gasteiger partial charge in [0.1, 0.15) is 5.69 Å². The summed E-state index contributed by atoms with van der Waals surface area (Å²) in [6, 6.07) is 14.8. The molecule has 0 radical (unpaired) electrons. The van der Waals surface area contributed by atoms with Crippen molar-refractivity contribution >= 4 is 40.3 Å². The molecule has 0 spiro atoms. The van der Waals surface area contributed by atoms with Gasteiger partial charge in [-0.1, -0.05) is 72.4 Å². The summed E-state index contributed by atoms with van der Waals surface area (Å²) in [5.74, 6) is 0.502. The number of rotatable bonds is 6. The summed E-state index contributed by atoms with van der Waals surface area (Å²) in [6.07, 6.45) is 7.12. The minimum atomic E-state index is -2.56. The molecule has 1 unspecified atom stereocenters. The number of thioether (sulfide) groups is 1. The number of allylic oxidation sites excluding steroid dienone is 3. The van der Waals surface area contributed by atoms with Crippen LogP contribution in [0.2, 0.25) is 0 Å². The van der Waals surface area contributed by atoms with Gasteiger partial charge in [-0.2, -0.15) is 0 Å². The average molecular weight is 493 g/mol. The molecule has 1 atom stereocenters. The van der Waals surface area contributed by atoms with E-state index in [0.717, 1.165) is 28.1 Å². The Morgan fingerprint density at radius 3 is 2.62 bits per heavy atom. The van der Waals surface area contributed by atoms with Crippen molar-refractivity contribution in [3.63, 3.8) is 0 Å². The monoisotopic (exact) mass is 492 g/mol. The van der Waals surface area contributed by atoms with Crippen LogP contribution in [0.5, 0.6) is 0 Å². The minimum absolute atomic E-state index is 0.0982. The number of nitrogens with zero attached hydrogens (tertiary/aromatic N) is 2. The molecule has 170 valence electrons. The van der Waals surface area contributed by atoms with Crippen LogP contribution in [-0.2, 0) is 0 Å². The first-order chi connectivity index (χ1) is 16.5. The summed E-state index contributed by atoms with van der Waals surface area (Å²) in [4.78, 5) is 9.05. The first-order valence-corrected chi connectivity index (χ1v) is 11.9. The lowest BCUT2D eigenvalue weighted by molar-refractivity contribution is 0.151. The molecule has 34 heavy (non-hydrogen) atoms. The van der Waals surface area contributed by atoms with E-state index in [1.165, 1.54) is 12.3 Å². The largest absolute Gasteiger partial charge is 0.429 e. The molecule has 0 aliphatic heterocycles. The predicted octanol–water partition coefficient (Wildman–Crippen LogP) is 8.68. The third-order valence-electron chi connectivity index (χ3n) is 5.49. The number of hydrogen-bond acceptors (Lipinski definition) is 4. The highest BCUT2D eigenvalue weighted by molar-refractivity contribution is 8.00.